The Morgan fingerprint density at radius 1 is 1.37 bits per heavy atom. The highest BCUT2D eigenvalue weighted by Gasteiger charge is 2.30. The first-order chi connectivity index (χ1) is 9.15. The van der Waals surface area contributed by atoms with Crippen molar-refractivity contribution in [2.24, 2.45) is 0 Å². The van der Waals surface area contributed by atoms with Gasteiger partial charge in [0.25, 0.3) is 0 Å². The zero-order chi connectivity index (χ0) is 13.4. The molecule has 1 aromatic heterocycles. The Hall–Kier alpha value is -1.75. The Kier molecular flexibility index (Phi) is 3.06. The van der Waals surface area contributed by atoms with Gasteiger partial charge in [-0.25, -0.2) is 4.39 Å². The van der Waals surface area contributed by atoms with Crippen molar-refractivity contribution in [1.82, 2.24) is 9.47 Å². The molecule has 0 bridgehead atoms. The molecule has 5 heteroatoms. The number of amides is 1. The molecule has 1 atom stereocenters. The van der Waals surface area contributed by atoms with Gasteiger partial charge in [0.1, 0.15) is 11.2 Å². The third-order valence-corrected chi connectivity index (χ3v) is 4.53. The molecule has 0 N–H and O–H groups in total. The summed E-state index contributed by atoms with van der Waals surface area (Å²) in [6.07, 6.45) is 3.84. The van der Waals surface area contributed by atoms with E-state index >= 15 is 0 Å². The lowest BCUT2D eigenvalue weighted by Crippen LogP contribution is -2.22. The van der Waals surface area contributed by atoms with E-state index in [4.69, 9.17) is 0 Å². The maximum atomic E-state index is 13.2. The fraction of sp³-hybridized carbons (Fsp3) is 0.214. The molecular formula is C14H13FN2OS. The molecule has 0 saturated carbocycles. The van der Waals surface area contributed by atoms with Gasteiger partial charge in [0.2, 0.25) is 5.91 Å². The highest BCUT2D eigenvalue weighted by Crippen LogP contribution is 2.37. The van der Waals surface area contributed by atoms with Crippen LogP contribution < -0.4 is 0 Å². The Morgan fingerprint density at radius 2 is 2.21 bits per heavy atom. The molecule has 1 fully saturated rings. The standard InChI is InChI=1S/C14H13FN2OS/c1-16-13(18)9-19-14(16)10-5-6-17(8-10)12-4-2-3-11(15)7-12/h2-8,14H,9H2,1H3/t14-/m0/s1. The molecule has 1 saturated heterocycles. The molecule has 1 aromatic carbocycles. The quantitative estimate of drug-likeness (QED) is 0.842. The lowest BCUT2D eigenvalue weighted by molar-refractivity contribution is -0.126. The van der Waals surface area contributed by atoms with Crippen molar-refractivity contribution in [3.05, 3.63) is 54.1 Å². The minimum atomic E-state index is -0.254. The SMILES string of the molecule is CN1C(=O)CS[C@H]1c1ccn(-c2cccc(F)c2)c1. The summed E-state index contributed by atoms with van der Waals surface area (Å²) in [4.78, 5) is 13.3. The predicted octanol–water partition coefficient (Wildman–Crippen LogP) is 2.82. The topological polar surface area (TPSA) is 25.2 Å². The van der Waals surface area contributed by atoms with E-state index in [1.165, 1.54) is 12.1 Å². The molecule has 19 heavy (non-hydrogen) atoms. The first-order valence-electron chi connectivity index (χ1n) is 5.96. The third-order valence-electron chi connectivity index (χ3n) is 3.22. The van der Waals surface area contributed by atoms with Crippen LogP contribution in [-0.4, -0.2) is 28.2 Å². The van der Waals surface area contributed by atoms with Gasteiger partial charge in [-0.15, -0.1) is 11.8 Å². The van der Waals surface area contributed by atoms with E-state index in [0.29, 0.717) is 5.75 Å². The number of aromatic nitrogens is 1. The highest BCUT2D eigenvalue weighted by atomic mass is 32.2. The lowest BCUT2D eigenvalue weighted by atomic mass is 10.3. The second-order valence-electron chi connectivity index (χ2n) is 4.50. The maximum Gasteiger partial charge on any atom is 0.233 e. The Labute approximate surface area is 115 Å². The van der Waals surface area contributed by atoms with Gasteiger partial charge < -0.3 is 9.47 Å². The van der Waals surface area contributed by atoms with Crippen LogP contribution in [0.2, 0.25) is 0 Å². The molecule has 98 valence electrons. The Balaban J connectivity index is 1.90. The number of carbonyl (C=O) groups is 1. The fourth-order valence-electron chi connectivity index (χ4n) is 2.17. The third kappa shape index (κ3) is 2.26. The van der Waals surface area contributed by atoms with Gasteiger partial charge >= 0.3 is 0 Å². The molecule has 0 radical (unpaired) electrons. The van der Waals surface area contributed by atoms with Crippen molar-refractivity contribution < 1.29 is 9.18 Å². The molecular weight excluding hydrogens is 263 g/mol. The van der Waals surface area contributed by atoms with Crippen LogP contribution in [0.15, 0.2) is 42.7 Å². The number of halogens is 1. The predicted molar refractivity (Wildman–Crippen MR) is 73.7 cm³/mol. The minimum Gasteiger partial charge on any atom is -0.329 e. The zero-order valence-electron chi connectivity index (χ0n) is 10.4. The molecule has 2 aromatic rings. The van der Waals surface area contributed by atoms with Crippen LogP contribution in [0, 0.1) is 5.82 Å². The average Bonchev–Trinajstić information content (AvgIpc) is 2.98. The second kappa shape index (κ2) is 4.74. The van der Waals surface area contributed by atoms with Crippen LogP contribution >= 0.6 is 11.8 Å². The monoisotopic (exact) mass is 276 g/mol. The van der Waals surface area contributed by atoms with Gasteiger partial charge in [0, 0.05) is 30.7 Å². The van der Waals surface area contributed by atoms with Crippen LogP contribution in [-0.2, 0) is 4.79 Å². The van der Waals surface area contributed by atoms with Gasteiger partial charge in [-0.3, -0.25) is 4.79 Å². The number of rotatable bonds is 2. The number of thioether (sulfide) groups is 1. The normalized spacial score (nSPS) is 19.2. The molecule has 0 unspecified atom stereocenters. The smallest absolute Gasteiger partial charge is 0.233 e. The van der Waals surface area contributed by atoms with Gasteiger partial charge in [-0.1, -0.05) is 6.07 Å². The van der Waals surface area contributed by atoms with Gasteiger partial charge in [-0.2, -0.15) is 0 Å². The summed E-state index contributed by atoms with van der Waals surface area (Å²) in [5.74, 6) is 0.413. The number of hydrogen-bond donors (Lipinski definition) is 0. The van der Waals surface area contributed by atoms with Crippen molar-refractivity contribution >= 4 is 17.7 Å². The summed E-state index contributed by atoms with van der Waals surface area (Å²) >= 11 is 1.61. The highest BCUT2D eigenvalue weighted by molar-refractivity contribution is 8.00. The summed E-state index contributed by atoms with van der Waals surface area (Å²) in [5.41, 5.74) is 1.84. The number of nitrogens with zero attached hydrogens (tertiary/aromatic N) is 2. The molecule has 1 aliphatic rings. The van der Waals surface area contributed by atoms with Gasteiger partial charge in [-0.05, 0) is 24.3 Å². The molecule has 2 heterocycles. The van der Waals surface area contributed by atoms with Crippen LogP contribution in [0.4, 0.5) is 4.39 Å². The Morgan fingerprint density at radius 3 is 2.89 bits per heavy atom. The van der Waals surface area contributed by atoms with Crippen LogP contribution in [0.25, 0.3) is 5.69 Å². The van der Waals surface area contributed by atoms with E-state index in [1.54, 1.807) is 22.7 Å². The number of hydrogen-bond acceptors (Lipinski definition) is 2. The first kappa shape index (κ1) is 12.3. The second-order valence-corrected chi connectivity index (χ2v) is 5.57. The van der Waals surface area contributed by atoms with E-state index in [-0.39, 0.29) is 17.1 Å². The summed E-state index contributed by atoms with van der Waals surface area (Å²) in [6, 6.07) is 8.42. The van der Waals surface area contributed by atoms with E-state index in [1.807, 2.05) is 36.1 Å². The lowest BCUT2D eigenvalue weighted by Gasteiger charge is -2.17. The fourth-order valence-corrected chi connectivity index (χ4v) is 3.35. The summed E-state index contributed by atoms with van der Waals surface area (Å²) in [6.45, 7) is 0. The van der Waals surface area contributed by atoms with Gasteiger partial charge in [0.05, 0.1) is 5.75 Å². The average molecular weight is 276 g/mol. The molecule has 0 aliphatic carbocycles. The summed E-state index contributed by atoms with van der Waals surface area (Å²) in [5, 5.41) is 0.0577. The van der Waals surface area contributed by atoms with Crippen LogP contribution in [0.1, 0.15) is 10.9 Å². The summed E-state index contributed by atoms with van der Waals surface area (Å²) < 4.78 is 15.1. The molecule has 1 amide bonds. The van der Waals surface area contributed by atoms with E-state index in [9.17, 15) is 9.18 Å². The van der Waals surface area contributed by atoms with E-state index in [2.05, 4.69) is 0 Å². The van der Waals surface area contributed by atoms with Crippen LogP contribution in [0.5, 0.6) is 0 Å². The van der Waals surface area contributed by atoms with Crippen molar-refractivity contribution in [3.63, 3.8) is 0 Å². The first-order valence-corrected chi connectivity index (χ1v) is 7.01. The molecule has 3 rings (SSSR count). The largest absolute Gasteiger partial charge is 0.329 e. The van der Waals surface area contributed by atoms with Crippen molar-refractivity contribution in [3.8, 4) is 5.69 Å². The molecule has 1 aliphatic heterocycles. The van der Waals surface area contributed by atoms with Crippen molar-refractivity contribution in [1.29, 1.82) is 0 Å². The van der Waals surface area contributed by atoms with E-state index < -0.39 is 0 Å². The minimum absolute atomic E-state index is 0.0577. The van der Waals surface area contributed by atoms with E-state index in [0.717, 1.165) is 11.3 Å². The number of benzene rings is 1. The van der Waals surface area contributed by atoms with Crippen LogP contribution in [0.3, 0.4) is 0 Å². The van der Waals surface area contributed by atoms with Crippen molar-refractivity contribution in [2.75, 3.05) is 12.8 Å². The number of carbonyl (C=O) groups excluding carboxylic acids is 1. The van der Waals surface area contributed by atoms with Gasteiger partial charge in [0.15, 0.2) is 0 Å². The molecule has 3 nitrogen and oxygen atoms in total. The zero-order valence-corrected chi connectivity index (χ0v) is 11.2. The Bertz CT molecular complexity index is 625. The van der Waals surface area contributed by atoms with Crippen molar-refractivity contribution in [2.45, 2.75) is 5.37 Å². The summed E-state index contributed by atoms with van der Waals surface area (Å²) in [7, 11) is 1.81. The molecule has 0 spiro atoms. The maximum absolute atomic E-state index is 13.2.